The lowest BCUT2D eigenvalue weighted by atomic mass is 10.1. The molecule has 1 amide bonds. The summed E-state index contributed by atoms with van der Waals surface area (Å²) in [7, 11) is 0. The van der Waals surface area contributed by atoms with E-state index in [1.807, 2.05) is 24.7 Å². The molecule has 0 unspecified atom stereocenters. The van der Waals surface area contributed by atoms with E-state index < -0.39 is 6.10 Å². The van der Waals surface area contributed by atoms with Gasteiger partial charge in [0.15, 0.2) is 0 Å². The normalized spacial score (nSPS) is 16.6. The number of aromatic nitrogens is 2. The second-order valence-corrected chi connectivity index (χ2v) is 5.66. The van der Waals surface area contributed by atoms with Crippen molar-refractivity contribution in [1.82, 2.24) is 15.1 Å². The van der Waals surface area contributed by atoms with Crippen LogP contribution in [0.5, 0.6) is 0 Å². The third-order valence-corrected chi connectivity index (χ3v) is 3.92. The number of hydrogen-bond acceptors (Lipinski definition) is 4. The molecule has 0 fully saturated rings. The van der Waals surface area contributed by atoms with Gasteiger partial charge in [-0.05, 0) is 31.5 Å². The minimum Gasteiger partial charge on any atom is -0.382 e. The second-order valence-electron chi connectivity index (χ2n) is 5.66. The molecule has 0 saturated heterocycles. The molecule has 2 aromatic rings. The fraction of sp³-hybridized carbons (Fsp3) is 0.353. The van der Waals surface area contributed by atoms with E-state index in [4.69, 9.17) is 4.84 Å². The minimum absolute atomic E-state index is 0.237. The Balaban J connectivity index is 1.56. The van der Waals surface area contributed by atoms with E-state index in [1.54, 1.807) is 12.1 Å². The van der Waals surface area contributed by atoms with E-state index in [1.165, 1.54) is 12.1 Å². The molecule has 3 rings (SSSR count). The number of nitrogens with one attached hydrogen (secondary N) is 1. The average molecular weight is 330 g/mol. The quantitative estimate of drug-likeness (QED) is 0.913. The van der Waals surface area contributed by atoms with Gasteiger partial charge in [-0.25, -0.2) is 4.39 Å². The summed E-state index contributed by atoms with van der Waals surface area (Å²) >= 11 is 0. The van der Waals surface area contributed by atoms with Crippen molar-refractivity contribution in [2.24, 2.45) is 5.16 Å². The van der Waals surface area contributed by atoms with Crippen LogP contribution in [0.2, 0.25) is 0 Å². The van der Waals surface area contributed by atoms with Crippen LogP contribution < -0.4 is 5.32 Å². The predicted octanol–water partition coefficient (Wildman–Crippen LogP) is 2.16. The van der Waals surface area contributed by atoms with Gasteiger partial charge in [0.2, 0.25) is 6.10 Å². The molecule has 7 heteroatoms. The highest BCUT2D eigenvalue weighted by molar-refractivity contribution is 6.04. The van der Waals surface area contributed by atoms with Crippen LogP contribution in [0.15, 0.2) is 35.6 Å². The Labute approximate surface area is 139 Å². The highest BCUT2D eigenvalue weighted by atomic mass is 19.1. The Morgan fingerprint density at radius 3 is 2.83 bits per heavy atom. The first kappa shape index (κ1) is 16.2. The fourth-order valence-corrected chi connectivity index (χ4v) is 2.55. The first-order valence-electron chi connectivity index (χ1n) is 7.86. The van der Waals surface area contributed by atoms with Crippen LogP contribution in [0.25, 0.3) is 0 Å². The monoisotopic (exact) mass is 330 g/mol. The zero-order valence-electron chi connectivity index (χ0n) is 13.6. The molecule has 126 valence electrons. The summed E-state index contributed by atoms with van der Waals surface area (Å²) < 4.78 is 14.7. The van der Waals surface area contributed by atoms with Crippen LogP contribution >= 0.6 is 0 Å². The molecule has 1 aromatic heterocycles. The molecule has 0 saturated carbocycles. The van der Waals surface area contributed by atoms with Gasteiger partial charge in [-0.15, -0.1) is 0 Å². The molecule has 0 spiro atoms. The highest BCUT2D eigenvalue weighted by Gasteiger charge is 2.30. The average Bonchev–Trinajstić information content (AvgIpc) is 3.20. The summed E-state index contributed by atoms with van der Waals surface area (Å²) in [5.41, 5.74) is 3.33. The van der Waals surface area contributed by atoms with Gasteiger partial charge in [0, 0.05) is 31.3 Å². The van der Waals surface area contributed by atoms with E-state index >= 15 is 0 Å². The lowest BCUT2D eigenvalue weighted by Gasteiger charge is -2.09. The number of carbonyl (C=O) groups excluding carboxylic acids is 1. The van der Waals surface area contributed by atoms with E-state index in [0.717, 1.165) is 29.1 Å². The summed E-state index contributed by atoms with van der Waals surface area (Å²) in [4.78, 5) is 17.5. The Hall–Kier alpha value is -2.70. The van der Waals surface area contributed by atoms with Crippen LogP contribution in [0.1, 0.15) is 30.2 Å². The van der Waals surface area contributed by atoms with Crippen LogP contribution in [0.3, 0.4) is 0 Å². The zero-order valence-corrected chi connectivity index (χ0v) is 13.6. The number of aryl methyl sites for hydroxylation is 2. The number of carbonyl (C=O) groups is 1. The van der Waals surface area contributed by atoms with Crippen molar-refractivity contribution in [3.63, 3.8) is 0 Å². The smallest absolute Gasteiger partial charge is 0.264 e. The molecule has 0 bridgehead atoms. The summed E-state index contributed by atoms with van der Waals surface area (Å²) in [5.74, 6) is -0.538. The maximum absolute atomic E-state index is 12.9. The first-order valence-corrected chi connectivity index (χ1v) is 7.86. The number of rotatable bonds is 5. The van der Waals surface area contributed by atoms with E-state index in [0.29, 0.717) is 13.0 Å². The molecule has 24 heavy (non-hydrogen) atoms. The molecular weight excluding hydrogens is 311 g/mol. The van der Waals surface area contributed by atoms with Gasteiger partial charge in [0.25, 0.3) is 5.91 Å². The van der Waals surface area contributed by atoms with Gasteiger partial charge in [0.1, 0.15) is 5.82 Å². The maximum Gasteiger partial charge on any atom is 0.264 e. The molecule has 1 atom stereocenters. The Bertz CT molecular complexity index is 767. The summed E-state index contributed by atoms with van der Waals surface area (Å²) in [6.45, 7) is 5.01. The van der Waals surface area contributed by atoms with Crippen molar-refractivity contribution < 1.29 is 14.0 Å². The molecule has 0 aliphatic carbocycles. The lowest BCUT2D eigenvalue weighted by molar-refractivity contribution is -0.131. The van der Waals surface area contributed by atoms with Crippen molar-refractivity contribution in [3.8, 4) is 0 Å². The van der Waals surface area contributed by atoms with Crippen LogP contribution in [0.4, 0.5) is 4.39 Å². The van der Waals surface area contributed by atoms with Gasteiger partial charge in [-0.2, -0.15) is 5.10 Å². The molecule has 1 aromatic carbocycles. The third-order valence-electron chi connectivity index (χ3n) is 3.92. The number of nitrogens with zero attached hydrogens (tertiary/aromatic N) is 3. The number of halogens is 1. The second kappa shape index (κ2) is 6.82. The van der Waals surface area contributed by atoms with E-state index in [9.17, 15) is 9.18 Å². The van der Waals surface area contributed by atoms with Gasteiger partial charge in [0.05, 0.1) is 11.4 Å². The molecule has 1 aliphatic rings. The van der Waals surface area contributed by atoms with Crippen LogP contribution in [-0.4, -0.2) is 27.5 Å². The molecule has 0 radical (unpaired) electrons. The summed E-state index contributed by atoms with van der Waals surface area (Å²) in [6.07, 6.45) is 1.67. The predicted molar refractivity (Wildman–Crippen MR) is 86.9 cm³/mol. The standard InChI is InChI=1S/C17H19FN4O2/c1-3-22-10-14(11(2)20-22)15-8-16(24-21-15)17(23)19-9-12-4-6-13(18)7-5-12/h4-7,10,16H,3,8-9H2,1-2H3,(H,19,23)/t16-/m0/s1. The maximum atomic E-state index is 12.9. The van der Waals surface area contributed by atoms with Crippen molar-refractivity contribution in [2.75, 3.05) is 0 Å². The van der Waals surface area contributed by atoms with Gasteiger partial charge in [-0.3, -0.25) is 9.48 Å². The number of oxime groups is 1. The lowest BCUT2D eigenvalue weighted by Crippen LogP contribution is -2.34. The Morgan fingerprint density at radius 2 is 2.17 bits per heavy atom. The fourth-order valence-electron chi connectivity index (χ4n) is 2.55. The topological polar surface area (TPSA) is 68.5 Å². The van der Waals surface area contributed by atoms with Crippen molar-refractivity contribution in [2.45, 2.75) is 39.5 Å². The van der Waals surface area contributed by atoms with E-state index in [2.05, 4.69) is 15.6 Å². The van der Waals surface area contributed by atoms with E-state index in [-0.39, 0.29) is 11.7 Å². The Morgan fingerprint density at radius 1 is 1.42 bits per heavy atom. The molecular formula is C17H19FN4O2. The van der Waals surface area contributed by atoms with Crippen LogP contribution in [0, 0.1) is 12.7 Å². The Kier molecular flexibility index (Phi) is 4.59. The molecule has 6 nitrogen and oxygen atoms in total. The highest BCUT2D eigenvalue weighted by Crippen LogP contribution is 2.19. The minimum atomic E-state index is -0.648. The van der Waals surface area contributed by atoms with Crippen molar-refractivity contribution in [3.05, 3.63) is 53.1 Å². The molecule has 2 heterocycles. The number of hydrogen-bond donors (Lipinski definition) is 1. The van der Waals surface area contributed by atoms with Gasteiger partial charge < -0.3 is 10.2 Å². The van der Waals surface area contributed by atoms with Gasteiger partial charge >= 0.3 is 0 Å². The molecule has 1 N–H and O–H groups in total. The number of amides is 1. The van der Waals surface area contributed by atoms with Gasteiger partial charge in [-0.1, -0.05) is 17.3 Å². The summed E-state index contributed by atoms with van der Waals surface area (Å²) in [6, 6.07) is 6.00. The largest absolute Gasteiger partial charge is 0.382 e. The van der Waals surface area contributed by atoms with Crippen LogP contribution in [-0.2, 0) is 22.7 Å². The third kappa shape index (κ3) is 3.45. The van der Waals surface area contributed by atoms with Crippen molar-refractivity contribution in [1.29, 1.82) is 0 Å². The number of benzene rings is 1. The van der Waals surface area contributed by atoms with Crippen molar-refractivity contribution >= 4 is 11.6 Å². The zero-order chi connectivity index (χ0) is 17.1. The molecule has 1 aliphatic heterocycles. The SMILES string of the molecule is CCn1cc(C2=NO[C@H](C(=O)NCc3ccc(F)cc3)C2)c(C)n1. The summed E-state index contributed by atoms with van der Waals surface area (Å²) in [5, 5.41) is 11.2. The first-order chi connectivity index (χ1) is 11.6.